The zero-order valence-electron chi connectivity index (χ0n) is 10.9. The molecular formula is C14H19NO2S. The van der Waals surface area contributed by atoms with Crippen LogP contribution in [0.1, 0.15) is 17.4 Å². The second-order valence-electron chi connectivity index (χ2n) is 4.10. The Morgan fingerprint density at radius 2 is 2.39 bits per heavy atom. The minimum Gasteiger partial charge on any atom is -0.375 e. The van der Waals surface area contributed by atoms with E-state index in [0.717, 1.165) is 10.5 Å². The molecule has 0 aromatic carbocycles. The van der Waals surface area contributed by atoms with Crippen molar-refractivity contribution in [1.82, 2.24) is 5.32 Å². The molecule has 1 N–H and O–H groups in total. The number of amides is 1. The van der Waals surface area contributed by atoms with Crippen LogP contribution >= 0.6 is 11.3 Å². The Kier molecular flexibility index (Phi) is 6.39. The van der Waals surface area contributed by atoms with Gasteiger partial charge in [-0.3, -0.25) is 4.79 Å². The van der Waals surface area contributed by atoms with Crippen LogP contribution in [0.5, 0.6) is 0 Å². The second-order valence-corrected chi connectivity index (χ2v) is 5.05. The zero-order chi connectivity index (χ0) is 13.4. The van der Waals surface area contributed by atoms with Crippen LogP contribution in [0.4, 0.5) is 0 Å². The number of thiophene rings is 1. The first-order valence-electron chi connectivity index (χ1n) is 5.81. The molecule has 1 amide bonds. The van der Waals surface area contributed by atoms with E-state index in [2.05, 4.69) is 11.9 Å². The third-order valence-electron chi connectivity index (χ3n) is 2.18. The molecule has 0 saturated heterocycles. The highest BCUT2D eigenvalue weighted by atomic mass is 32.1. The SMILES string of the molecule is C=C(C)COCCNC(=O)/C=C/c1sccc1C. The molecule has 0 saturated carbocycles. The maximum Gasteiger partial charge on any atom is 0.244 e. The van der Waals surface area contributed by atoms with Gasteiger partial charge in [-0.15, -0.1) is 11.3 Å². The fourth-order valence-corrected chi connectivity index (χ4v) is 2.08. The maximum absolute atomic E-state index is 11.5. The van der Waals surface area contributed by atoms with E-state index in [0.29, 0.717) is 19.8 Å². The van der Waals surface area contributed by atoms with E-state index in [1.165, 1.54) is 5.56 Å². The van der Waals surface area contributed by atoms with Gasteiger partial charge in [0.05, 0.1) is 13.2 Å². The standard InChI is InChI=1S/C14H19NO2S/c1-11(2)10-17-8-7-15-14(16)5-4-13-12(3)6-9-18-13/h4-6,9H,1,7-8,10H2,2-3H3,(H,15,16)/b5-4+. The minimum atomic E-state index is -0.0956. The van der Waals surface area contributed by atoms with Gasteiger partial charge in [-0.1, -0.05) is 12.2 Å². The zero-order valence-corrected chi connectivity index (χ0v) is 11.7. The molecule has 0 spiro atoms. The molecule has 18 heavy (non-hydrogen) atoms. The minimum absolute atomic E-state index is 0.0956. The fraction of sp³-hybridized carbons (Fsp3) is 0.357. The van der Waals surface area contributed by atoms with Gasteiger partial charge in [0.1, 0.15) is 0 Å². The smallest absolute Gasteiger partial charge is 0.244 e. The monoisotopic (exact) mass is 265 g/mol. The normalized spacial score (nSPS) is 10.8. The Hall–Kier alpha value is -1.39. The van der Waals surface area contributed by atoms with Gasteiger partial charge in [0.25, 0.3) is 0 Å². The summed E-state index contributed by atoms with van der Waals surface area (Å²) >= 11 is 1.63. The van der Waals surface area contributed by atoms with E-state index in [-0.39, 0.29) is 5.91 Å². The van der Waals surface area contributed by atoms with E-state index in [1.807, 2.05) is 31.4 Å². The highest BCUT2D eigenvalue weighted by Crippen LogP contribution is 2.16. The molecule has 1 heterocycles. The average molecular weight is 265 g/mol. The summed E-state index contributed by atoms with van der Waals surface area (Å²) in [7, 11) is 0. The van der Waals surface area contributed by atoms with Crippen molar-refractivity contribution < 1.29 is 9.53 Å². The van der Waals surface area contributed by atoms with Crippen molar-refractivity contribution in [3.63, 3.8) is 0 Å². The van der Waals surface area contributed by atoms with Gasteiger partial charge < -0.3 is 10.1 Å². The van der Waals surface area contributed by atoms with Crippen LogP contribution in [0.3, 0.4) is 0 Å². The number of nitrogens with one attached hydrogen (secondary N) is 1. The molecule has 1 aromatic rings. The fourth-order valence-electron chi connectivity index (χ4n) is 1.26. The van der Waals surface area contributed by atoms with Gasteiger partial charge in [-0.25, -0.2) is 0 Å². The van der Waals surface area contributed by atoms with Gasteiger partial charge in [-0.05, 0) is 36.9 Å². The van der Waals surface area contributed by atoms with E-state index in [9.17, 15) is 4.79 Å². The van der Waals surface area contributed by atoms with Crippen molar-refractivity contribution in [1.29, 1.82) is 0 Å². The van der Waals surface area contributed by atoms with E-state index in [1.54, 1.807) is 17.4 Å². The van der Waals surface area contributed by atoms with Crippen LogP contribution in [-0.2, 0) is 9.53 Å². The largest absolute Gasteiger partial charge is 0.375 e. The third kappa shape index (κ3) is 5.80. The van der Waals surface area contributed by atoms with Crippen LogP contribution in [0.25, 0.3) is 6.08 Å². The molecule has 0 radical (unpaired) electrons. The lowest BCUT2D eigenvalue weighted by molar-refractivity contribution is -0.116. The number of aryl methyl sites for hydroxylation is 1. The van der Waals surface area contributed by atoms with E-state index < -0.39 is 0 Å². The molecule has 0 aliphatic heterocycles. The van der Waals surface area contributed by atoms with Crippen LogP contribution in [0.15, 0.2) is 29.7 Å². The molecule has 0 bridgehead atoms. The number of hydrogen-bond acceptors (Lipinski definition) is 3. The molecule has 1 aromatic heterocycles. The highest BCUT2D eigenvalue weighted by Gasteiger charge is 1.97. The van der Waals surface area contributed by atoms with Crippen molar-refractivity contribution in [2.45, 2.75) is 13.8 Å². The van der Waals surface area contributed by atoms with Crippen LogP contribution in [0, 0.1) is 6.92 Å². The molecule has 0 unspecified atom stereocenters. The summed E-state index contributed by atoms with van der Waals surface area (Å²) < 4.78 is 5.28. The number of carbonyl (C=O) groups excluding carboxylic acids is 1. The molecule has 0 aliphatic rings. The number of hydrogen-bond donors (Lipinski definition) is 1. The Bertz CT molecular complexity index is 435. The Morgan fingerprint density at radius 3 is 3.00 bits per heavy atom. The van der Waals surface area contributed by atoms with Crippen molar-refractivity contribution >= 4 is 23.3 Å². The first-order chi connectivity index (χ1) is 8.59. The first kappa shape index (κ1) is 14.7. The summed E-state index contributed by atoms with van der Waals surface area (Å²) in [6, 6.07) is 2.04. The molecule has 1 rings (SSSR count). The van der Waals surface area contributed by atoms with Gasteiger partial charge in [0, 0.05) is 17.5 Å². The Balaban J connectivity index is 2.20. The second kappa shape index (κ2) is 7.84. The van der Waals surface area contributed by atoms with Gasteiger partial charge >= 0.3 is 0 Å². The van der Waals surface area contributed by atoms with Crippen LogP contribution in [0.2, 0.25) is 0 Å². The topological polar surface area (TPSA) is 38.3 Å². The summed E-state index contributed by atoms with van der Waals surface area (Å²) in [6.45, 7) is 9.23. The van der Waals surface area contributed by atoms with Crippen molar-refractivity contribution in [3.8, 4) is 0 Å². The molecule has 0 atom stereocenters. The van der Waals surface area contributed by atoms with Crippen molar-refractivity contribution in [3.05, 3.63) is 40.1 Å². The Morgan fingerprint density at radius 1 is 1.61 bits per heavy atom. The van der Waals surface area contributed by atoms with Gasteiger partial charge in [0.2, 0.25) is 5.91 Å². The maximum atomic E-state index is 11.5. The summed E-state index contributed by atoms with van der Waals surface area (Å²) in [6.07, 6.45) is 3.39. The van der Waals surface area contributed by atoms with Crippen molar-refractivity contribution in [2.75, 3.05) is 19.8 Å². The summed E-state index contributed by atoms with van der Waals surface area (Å²) in [5.41, 5.74) is 2.17. The summed E-state index contributed by atoms with van der Waals surface area (Å²) in [5.74, 6) is -0.0956. The quantitative estimate of drug-likeness (QED) is 0.468. The summed E-state index contributed by atoms with van der Waals surface area (Å²) in [4.78, 5) is 12.6. The number of rotatable bonds is 7. The van der Waals surface area contributed by atoms with Gasteiger partial charge in [-0.2, -0.15) is 0 Å². The highest BCUT2D eigenvalue weighted by molar-refractivity contribution is 7.11. The lowest BCUT2D eigenvalue weighted by atomic mass is 10.3. The van der Waals surface area contributed by atoms with Crippen LogP contribution in [-0.4, -0.2) is 25.7 Å². The average Bonchev–Trinajstić information content (AvgIpc) is 2.71. The molecule has 98 valence electrons. The Labute approximate surface area is 112 Å². The number of ether oxygens (including phenoxy) is 1. The van der Waals surface area contributed by atoms with Crippen LogP contribution < -0.4 is 5.32 Å². The molecule has 4 heteroatoms. The van der Waals surface area contributed by atoms with E-state index >= 15 is 0 Å². The predicted octanol–water partition coefficient (Wildman–Crippen LogP) is 2.78. The lowest BCUT2D eigenvalue weighted by Gasteiger charge is -2.04. The number of carbonyl (C=O) groups is 1. The predicted molar refractivity (Wildman–Crippen MR) is 76.7 cm³/mol. The third-order valence-corrected chi connectivity index (χ3v) is 3.17. The summed E-state index contributed by atoms with van der Waals surface area (Å²) in [5, 5.41) is 4.77. The molecule has 3 nitrogen and oxygen atoms in total. The lowest BCUT2D eigenvalue weighted by Crippen LogP contribution is -2.25. The molecule has 0 aliphatic carbocycles. The molecule has 0 fully saturated rings. The van der Waals surface area contributed by atoms with E-state index in [4.69, 9.17) is 4.74 Å². The molecular weight excluding hydrogens is 246 g/mol. The van der Waals surface area contributed by atoms with Crippen molar-refractivity contribution in [2.24, 2.45) is 0 Å². The van der Waals surface area contributed by atoms with Gasteiger partial charge in [0.15, 0.2) is 0 Å². The first-order valence-corrected chi connectivity index (χ1v) is 6.69.